The van der Waals surface area contributed by atoms with Crippen molar-refractivity contribution < 1.29 is 17.6 Å². The van der Waals surface area contributed by atoms with E-state index in [2.05, 4.69) is 10.3 Å². The van der Waals surface area contributed by atoms with Gasteiger partial charge in [-0.1, -0.05) is 11.6 Å². The van der Waals surface area contributed by atoms with Crippen molar-refractivity contribution in [2.24, 2.45) is 0 Å². The van der Waals surface area contributed by atoms with Gasteiger partial charge < -0.3 is 9.73 Å². The fourth-order valence-corrected chi connectivity index (χ4v) is 3.76. The van der Waals surface area contributed by atoms with Crippen molar-refractivity contribution in [3.63, 3.8) is 0 Å². The molecule has 9 heteroatoms. The van der Waals surface area contributed by atoms with Crippen LogP contribution in [0.15, 0.2) is 45.7 Å². The number of hydrogen-bond donors (Lipinski definition) is 1. The van der Waals surface area contributed by atoms with Crippen molar-refractivity contribution in [1.29, 1.82) is 0 Å². The van der Waals surface area contributed by atoms with Crippen molar-refractivity contribution in [1.82, 2.24) is 9.29 Å². The second kappa shape index (κ2) is 6.71. The molecule has 0 saturated heterocycles. The molecule has 0 unspecified atom stereocenters. The number of oxazole rings is 1. The maximum Gasteiger partial charge on any atom is 0.255 e. The summed E-state index contributed by atoms with van der Waals surface area (Å²) in [6, 6.07) is 9.16. The molecule has 0 bridgehead atoms. The van der Waals surface area contributed by atoms with E-state index in [4.69, 9.17) is 16.0 Å². The van der Waals surface area contributed by atoms with Crippen molar-refractivity contribution >= 4 is 44.3 Å². The molecule has 1 N–H and O–H groups in total. The number of nitrogens with zero attached hydrogens (tertiary/aromatic N) is 2. The van der Waals surface area contributed by atoms with Gasteiger partial charge in [-0.3, -0.25) is 4.79 Å². The van der Waals surface area contributed by atoms with E-state index < -0.39 is 15.9 Å². The number of hydrogen-bond acceptors (Lipinski definition) is 5. The molecule has 0 atom stereocenters. The topological polar surface area (TPSA) is 92.5 Å². The molecule has 0 radical (unpaired) electrons. The summed E-state index contributed by atoms with van der Waals surface area (Å²) >= 11 is 6.00. The first-order valence-corrected chi connectivity index (χ1v) is 9.41. The molecule has 0 aliphatic rings. The van der Waals surface area contributed by atoms with E-state index in [0.29, 0.717) is 22.7 Å². The number of nitrogens with one attached hydrogen (secondary N) is 1. The first-order chi connectivity index (χ1) is 12.2. The summed E-state index contributed by atoms with van der Waals surface area (Å²) in [6.07, 6.45) is 0. The van der Waals surface area contributed by atoms with Crippen LogP contribution in [0.25, 0.3) is 11.1 Å². The van der Waals surface area contributed by atoms with Crippen LogP contribution in [0, 0.1) is 6.92 Å². The molecule has 0 saturated carbocycles. The zero-order valence-electron chi connectivity index (χ0n) is 14.3. The summed E-state index contributed by atoms with van der Waals surface area (Å²) in [6.45, 7) is 1.73. The number of fused-ring (bicyclic) bond motifs is 1. The zero-order chi connectivity index (χ0) is 19.1. The molecule has 1 amide bonds. The highest BCUT2D eigenvalue weighted by Crippen LogP contribution is 2.26. The van der Waals surface area contributed by atoms with Gasteiger partial charge in [0.15, 0.2) is 11.5 Å². The Bertz CT molecular complexity index is 1110. The molecule has 136 valence electrons. The van der Waals surface area contributed by atoms with Gasteiger partial charge in [0.2, 0.25) is 10.0 Å². The Hall–Kier alpha value is -2.42. The summed E-state index contributed by atoms with van der Waals surface area (Å²) < 4.78 is 31.1. The summed E-state index contributed by atoms with van der Waals surface area (Å²) in [5.74, 6) is 0.0659. The SMILES string of the molecule is Cc1nc2cc(NC(=O)c3ccc(Cl)c(S(=O)(=O)N(C)C)c3)ccc2o1. The van der Waals surface area contributed by atoms with Gasteiger partial charge in [0.05, 0.1) is 5.02 Å². The van der Waals surface area contributed by atoms with Gasteiger partial charge in [0.1, 0.15) is 10.4 Å². The number of carbonyl (C=O) groups excluding carboxylic acids is 1. The van der Waals surface area contributed by atoms with Crippen molar-refractivity contribution in [3.05, 3.63) is 52.9 Å². The van der Waals surface area contributed by atoms with E-state index in [0.717, 1.165) is 4.31 Å². The average Bonchev–Trinajstić information content (AvgIpc) is 2.94. The smallest absolute Gasteiger partial charge is 0.255 e. The standard InChI is InChI=1S/C17H16ClN3O4S/c1-10-19-14-9-12(5-7-15(14)25-10)20-17(22)11-4-6-13(18)16(8-11)26(23,24)21(2)3/h4-9H,1-3H3,(H,20,22). The molecule has 0 spiro atoms. The van der Waals surface area contributed by atoms with E-state index in [1.807, 2.05) is 0 Å². The van der Waals surface area contributed by atoms with Gasteiger partial charge in [-0.05, 0) is 36.4 Å². The van der Waals surface area contributed by atoms with Crippen molar-refractivity contribution in [3.8, 4) is 0 Å². The lowest BCUT2D eigenvalue weighted by molar-refractivity contribution is 0.102. The number of halogens is 1. The molecule has 0 aliphatic heterocycles. The van der Waals surface area contributed by atoms with Crippen LogP contribution in [0.4, 0.5) is 5.69 Å². The lowest BCUT2D eigenvalue weighted by Crippen LogP contribution is -2.23. The second-order valence-corrected chi connectivity index (χ2v) is 8.33. The molecule has 0 aliphatic carbocycles. The van der Waals surface area contributed by atoms with Crippen LogP contribution in [0.1, 0.15) is 16.2 Å². The number of carbonyl (C=O) groups is 1. The lowest BCUT2D eigenvalue weighted by atomic mass is 10.2. The highest BCUT2D eigenvalue weighted by molar-refractivity contribution is 7.89. The summed E-state index contributed by atoms with van der Waals surface area (Å²) in [4.78, 5) is 16.6. The van der Waals surface area contributed by atoms with Gasteiger partial charge in [-0.2, -0.15) is 0 Å². The van der Waals surface area contributed by atoms with Gasteiger partial charge >= 0.3 is 0 Å². The van der Waals surface area contributed by atoms with Gasteiger partial charge in [0.25, 0.3) is 5.91 Å². The number of rotatable bonds is 4. The average molecular weight is 394 g/mol. The van der Waals surface area contributed by atoms with Gasteiger partial charge in [-0.25, -0.2) is 17.7 Å². The fourth-order valence-electron chi connectivity index (χ4n) is 2.36. The van der Waals surface area contributed by atoms with Crippen LogP contribution >= 0.6 is 11.6 Å². The van der Waals surface area contributed by atoms with Crippen LogP contribution in [0.3, 0.4) is 0 Å². The molecular formula is C17H16ClN3O4S. The Morgan fingerprint density at radius 1 is 1.19 bits per heavy atom. The predicted molar refractivity (Wildman–Crippen MR) is 99.0 cm³/mol. The number of amides is 1. The van der Waals surface area contributed by atoms with Crippen LogP contribution in [-0.2, 0) is 10.0 Å². The number of benzene rings is 2. The van der Waals surface area contributed by atoms with Crippen molar-refractivity contribution in [2.75, 3.05) is 19.4 Å². The Morgan fingerprint density at radius 3 is 2.62 bits per heavy atom. The number of anilines is 1. The number of aromatic nitrogens is 1. The summed E-state index contributed by atoms with van der Waals surface area (Å²) in [5.41, 5.74) is 1.92. The predicted octanol–water partition coefficient (Wildman–Crippen LogP) is 3.29. The highest BCUT2D eigenvalue weighted by Gasteiger charge is 2.22. The van der Waals surface area contributed by atoms with E-state index >= 15 is 0 Å². The van der Waals surface area contributed by atoms with Crippen LogP contribution in [0.5, 0.6) is 0 Å². The monoisotopic (exact) mass is 393 g/mol. The van der Waals surface area contributed by atoms with Gasteiger partial charge in [-0.15, -0.1) is 0 Å². The molecule has 26 heavy (non-hydrogen) atoms. The van der Waals surface area contributed by atoms with Crippen LogP contribution in [0.2, 0.25) is 5.02 Å². The molecule has 0 fully saturated rings. The Kier molecular flexibility index (Phi) is 4.74. The molecule has 1 aromatic heterocycles. The third-order valence-corrected chi connectivity index (χ3v) is 6.00. The van der Waals surface area contributed by atoms with Gasteiger partial charge in [0, 0.05) is 32.3 Å². The van der Waals surface area contributed by atoms with E-state index in [1.165, 1.54) is 32.3 Å². The molecule has 1 heterocycles. The van der Waals surface area contributed by atoms with Crippen LogP contribution in [-0.4, -0.2) is 37.7 Å². The maximum atomic E-state index is 12.5. The lowest BCUT2D eigenvalue weighted by Gasteiger charge is -2.14. The zero-order valence-corrected chi connectivity index (χ0v) is 15.9. The first-order valence-electron chi connectivity index (χ1n) is 7.59. The first kappa shape index (κ1) is 18.4. The van der Waals surface area contributed by atoms with E-state index in [1.54, 1.807) is 25.1 Å². The normalized spacial score (nSPS) is 11.9. The highest BCUT2D eigenvalue weighted by atomic mass is 35.5. The van der Waals surface area contributed by atoms with E-state index in [-0.39, 0.29) is 15.5 Å². The van der Waals surface area contributed by atoms with Crippen LogP contribution < -0.4 is 5.32 Å². The maximum absolute atomic E-state index is 12.5. The molecule has 2 aromatic carbocycles. The Balaban J connectivity index is 1.92. The number of aryl methyl sites for hydroxylation is 1. The summed E-state index contributed by atoms with van der Waals surface area (Å²) in [7, 11) is -0.971. The molecule has 3 aromatic rings. The second-order valence-electron chi connectivity index (χ2n) is 5.80. The quantitative estimate of drug-likeness (QED) is 0.734. The summed E-state index contributed by atoms with van der Waals surface area (Å²) in [5, 5.41) is 2.77. The largest absolute Gasteiger partial charge is 0.441 e. The Morgan fingerprint density at radius 2 is 1.92 bits per heavy atom. The fraction of sp³-hybridized carbons (Fsp3) is 0.176. The third-order valence-electron chi connectivity index (χ3n) is 3.70. The molecular weight excluding hydrogens is 378 g/mol. The number of sulfonamides is 1. The molecule has 7 nitrogen and oxygen atoms in total. The Labute approximate surface area is 155 Å². The third kappa shape index (κ3) is 3.44. The van der Waals surface area contributed by atoms with Crippen molar-refractivity contribution in [2.45, 2.75) is 11.8 Å². The minimum absolute atomic E-state index is 0.0507. The molecule has 3 rings (SSSR count). The minimum atomic E-state index is -3.76. The van der Waals surface area contributed by atoms with E-state index in [9.17, 15) is 13.2 Å². The minimum Gasteiger partial charge on any atom is -0.441 e.